The maximum Gasteiger partial charge on any atom is 0.226 e. The van der Waals surface area contributed by atoms with Gasteiger partial charge in [-0.1, -0.05) is 6.08 Å². The van der Waals surface area contributed by atoms with Gasteiger partial charge in [-0.3, -0.25) is 4.79 Å². The van der Waals surface area contributed by atoms with Gasteiger partial charge in [0.15, 0.2) is 0 Å². The van der Waals surface area contributed by atoms with E-state index in [0.717, 1.165) is 19.4 Å². The number of carbonyl (C=O) groups is 1. The van der Waals surface area contributed by atoms with Gasteiger partial charge < -0.3 is 10.0 Å². The van der Waals surface area contributed by atoms with Crippen LogP contribution in [0.2, 0.25) is 0 Å². The minimum Gasteiger partial charge on any atom is -0.390 e. The van der Waals surface area contributed by atoms with E-state index in [1.54, 1.807) is 6.08 Å². The fourth-order valence-corrected chi connectivity index (χ4v) is 1.77. The van der Waals surface area contributed by atoms with Crippen LogP contribution >= 0.6 is 0 Å². The highest BCUT2D eigenvalue weighted by Crippen LogP contribution is 2.21. The first-order valence-corrected chi connectivity index (χ1v) is 5.16. The van der Waals surface area contributed by atoms with Crippen molar-refractivity contribution in [2.24, 2.45) is 0 Å². The summed E-state index contributed by atoms with van der Waals surface area (Å²) in [7, 11) is 0. The molecule has 1 N–H and O–H groups in total. The lowest BCUT2D eigenvalue weighted by molar-refractivity contribution is -0.130. The lowest BCUT2D eigenvalue weighted by Crippen LogP contribution is -2.33. The lowest BCUT2D eigenvalue weighted by atomic mass is 9.98. The summed E-state index contributed by atoms with van der Waals surface area (Å²) >= 11 is 0. The molecule has 1 aliphatic rings. The second-order valence-electron chi connectivity index (χ2n) is 4.22. The molecule has 0 aromatic carbocycles. The van der Waals surface area contributed by atoms with Crippen LogP contribution in [0.15, 0.2) is 12.7 Å². The number of likely N-dealkylation sites (tertiary alicyclic amines) is 1. The van der Waals surface area contributed by atoms with Crippen LogP contribution in [0.4, 0.5) is 0 Å². The van der Waals surface area contributed by atoms with Crippen LogP contribution < -0.4 is 0 Å². The van der Waals surface area contributed by atoms with E-state index >= 15 is 0 Å². The third-order valence-corrected chi connectivity index (χ3v) is 2.74. The fourth-order valence-electron chi connectivity index (χ4n) is 1.77. The van der Waals surface area contributed by atoms with Gasteiger partial charge in [0.2, 0.25) is 5.91 Å². The first kappa shape index (κ1) is 11.2. The Labute approximate surface area is 85.4 Å². The Bertz CT molecular complexity index is 223. The zero-order valence-electron chi connectivity index (χ0n) is 8.83. The highest BCUT2D eigenvalue weighted by atomic mass is 16.3. The summed E-state index contributed by atoms with van der Waals surface area (Å²) in [6.07, 6.45) is 4.38. The third-order valence-electron chi connectivity index (χ3n) is 2.74. The third kappa shape index (κ3) is 3.14. The maximum atomic E-state index is 11.5. The van der Waals surface area contributed by atoms with Gasteiger partial charge in [0.05, 0.1) is 5.60 Å². The molecule has 1 aliphatic heterocycles. The van der Waals surface area contributed by atoms with Crippen LogP contribution in [-0.4, -0.2) is 34.6 Å². The van der Waals surface area contributed by atoms with Crippen LogP contribution in [0.3, 0.4) is 0 Å². The maximum absolute atomic E-state index is 11.5. The van der Waals surface area contributed by atoms with Crippen molar-refractivity contribution in [3.05, 3.63) is 12.7 Å². The van der Waals surface area contributed by atoms with Crippen molar-refractivity contribution in [2.45, 2.75) is 38.2 Å². The zero-order chi connectivity index (χ0) is 10.6. The average molecular weight is 197 g/mol. The molecule has 1 rings (SSSR count). The molecule has 0 spiro atoms. The Kier molecular flexibility index (Phi) is 3.69. The molecule has 0 bridgehead atoms. The normalized spacial score (nSPS) is 28.3. The number of aliphatic hydroxyl groups is 1. The van der Waals surface area contributed by atoms with Crippen LogP contribution in [0.25, 0.3) is 0 Å². The Hall–Kier alpha value is -0.830. The highest BCUT2D eigenvalue weighted by molar-refractivity contribution is 5.77. The number of hydrogen-bond acceptors (Lipinski definition) is 2. The molecule has 0 aromatic rings. The summed E-state index contributed by atoms with van der Waals surface area (Å²) in [4.78, 5) is 13.4. The van der Waals surface area contributed by atoms with Crippen molar-refractivity contribution < 1.29 is 9.90 Å². The molecule has 1 saturated heterocycles. The molecule has 0 aliphatic carbocycles. The molecule has 80 valence electrons. The molecule has 0 aromatic heterocycles. The molecule has 1 heterocycles. The second kappa shape index (κ2) is 4.60. The Balaban J connectivity index is 2.49. The lowest BCUT2D eigenvalue weighted by Gasteiger charge is -2.22. The molecule has 3 nitrogen and oxygen atoms in total. The summed E-state index contributed by atoms with van der Waals surface area (Å²) in [5.74, 6) is 0.123. The van der Waals surface area contributed by atoms with Gasteiger partial charge in [0, 0.05) is 19.5 Å². The van der Waals surface area contributed by atoms with Gasteiger partial charge in [-0.2, -0.15) is 0 Å². The molecule has 0 radical (unpaired) electrons. The van der Waals surface area contributed by atoms with Gasteiger partial charge in [0.25, 0.3) is 0 Å². The largest absolute Gasteiger partial charge is 0.390 e. The fraction of sp³-hybridized carbons (Fsp3) is 0.727. The van der Waals surface area contributed by atoms with E-state index < -0.39 is 5.60 Å². The number of amides is 1. The molecule has 0 saturated carbocycles. The summed E-state index contributed by atoms with van der Waals surface area (Å²) < 4.78 is 0. The van der Waals surface area contributed by atoms with Gasteiger partial charge in [-0.15, -0.1) is 6.58 Å². The van der Waals surface area contributed by atoms with Gasteiger partial charge >= 0.3 is 0 Å². The Morgan fingerprint density at radius 1 is 1.57 bits per heavy atom. The predicted octanol–water partition coefficient (Wildman–Crippen LogP) is 1.33. The Morgan fingerprint density at radius 2 is 2.29 bits per heavy atom. The van der Waals surface area contributed by atoms with E-state index in [9.17, 15) is 9.90 Å². The van der Waals surface area contributed by atoms with Crippen LogP contribution in [0, 0.1) is 0 Å². The van der Waals surface area contributed by atoms with Crippen molar-refractivity contribution in [1.29, 1.82) is 0 Å². The van der Waals surface area contributed by atoms with Crippen molar-refractivity contribution in [3.63, 3.8) is 0 Å². The van der Waals surface area contributed by atoms with Crippen molar-refractivity contribution in [2.75, 3.05) is 13.1 Å². The number of hydrogen-bond donors (Lipinski definition) is 1. The minimum absolute atomic E-state index is 0.123. The predicted molar refractivity (Wildman–Crippen MR) is 55.9 cm³/mol. The van der Waals surface area contributed by atoms with E-state index in [4.69, 9.17) is 0 Å². The van der Waals surface area contributed by atoms with E-state index in [-0.39, 0.29) is 5.91 Å². The van der Waals surface area contributed by atoms with E-state index in [1.807, 2.05) is 11.8 Å². The summed E-state index contributed by atoms with van der Waals surface area (Å²) in [5.41, 5.74) is -0.594. The standard InChI is InChI=1S/C11H19NO2/c1-3-5-10(13)12-8-4-6-11(2,14)7-9-12/h3,14H,1,4-9H2,2H3. The summed E-state index contributed by atoms with van der Waals surface area (Å²) in [6, 6.07) is 0. The van der Waals surface area contributed by atoms with E-state index in [1.165, 1.54) is 0 Å². The molecule has 1 amide bonds. The molecular formula is C11H19NO2. The van der Waals surface area contributed by atoms with Crippen molar-refractivity contribution in [1.82, 2.24) is 4.90 Å². The first-order chi connectivity index (χ1) is 6.55. The highest BCUT2D eigenvalue weighted by Gasteiger charge is 2.26. The molecule has 1 atom stereocenters. The van der Waals surface area contributed by atoms with E-state index in [2.05, 4.69) is 6.58 Å². The Morgan fingerprint density at radius 3 is 2.93 bits per heavy atom. The number of nitrogens with zero attached hydrogens (tertiary/aromatic N) is 1. The first-order valence-electron chi connectivity index (χ1n) is 5.16. The van der Waals surface area contributed by atoms with Crippen LogP contribution in [0.1, 0.15) is 32.6 Å². The van der Waals surface area contributed by atoms with Gasteiger partial charge in [0.1, 0.15) is 0 Å². The van der Waals surface area contributed by atoms with E-state index in [0.29, 0.717) is 19.4 Å². The van der Waals surface area contributed by atoms with Crippen molar-refractivity contribution in [3.8, 4) is 0 Å². The van der Waals surface area contributed by atoms with Crippen LogP contribution in [0.5, 0.6) is 0 Å². The van der Waals surface area contributed by atoms with Gasteiger partial charge in [-0.25, -0.2) is 0 Å². The number of carbonyl (C=O) groups excluding carboxylic acids is 1. The number of rotatable bonds is 2. The molecule has 1 unspecified atom stereocenters. The molecule has 14 heavy (non-hydrogen) atoms. The monoisotopic (exact) mass is 197 g/mol. The quantitative estimate of drug-likeness (QED) is 0.678. The summed E-state index contributed by atoms with van der Waals surface area (Å²) in [6.45, 7) is 6.83. The minimum atomic E-state index is -0.594. The van der Waals surface area contributed by atoms with Crippen molar-refractivity contribution >= 4 is 5.91 Å². The smallest absolute Gasteiger partial charge is 0.226 e. The summed E-state index contributed by atoms with van der Waals surface area (Å²) in [5, 5.41) is 9.83. The zero-order valence-corrected chi connectivity index (χ0v) is 8.83. The second-order valence-corrected chi connectivity index (χ2v) is 4.22. The average Bonchev–Trinajstić information content (AvgIpc) is 2.27. The van der Waals surface area contributed by atoms with Crippen LogP contribution in [-0.2, 0) is 4.79 Å². The molecule has 1 fully saturated rings. The topological polar surface area (TPSA) is 40.5 Å². The molecule has 3 heteroatoms. The van der Waals surface area contributed by atoms with Gasteiger partial charge in [-0.05, 0) is 26.2 Å². The molecular weight excluding hydrogens is 178 g/mol. The SMILES string of the molecule is C=CCC(=O)N1CCCC(C)(O)CC1.